The summed E-state index contributed by atoms with van der Waals surface area (Å²) in [6.45, 7) is 6.45. The summed E-state index contributed by atoms with van der Waals surface area (Å²) in [4.78, 5) is 0. The van der Waals surface area contributed by atoms with Crippen LogP contribution >= 0.6 is 11.6 Å². The molecule has 4 atom stereocenters. The average Bonchev–Trinajstić information content (AvgIpc) is 2.30. The molecular weight excluding hydrogens is 172 g/mol. The second-order valence-corrected chi connectivity index (χ2v) is 4.42. The zero-order chi connectivity index (χ0) is 9.14. The molecule has 0 bridgehead atoms. The standard InChI is InChI=1S/C10H19ClO/c1-4-5-10(11)9-6-7(2)12-8(9)3/h7-10H,4-6H2,1-3H3. The average molecular weight is 191 g/mol. The van der Waals surface area contributed by atoms with Crippen LogP contribution in [-0.2, 0) is 4.74 Å². The summed E-state index contributed by atoms with van der Waals surface area (Å²) in [7, 11) is 0. The van der Waals surface area contributed by atoms with Gasteiger partial charge in [-0.15, -0.1) is 11.6 Å². The van der Waals surface area contributed by atoms with E-state index in [4.69, 9.17) is 16.3 Å². The van der Waals surface area contributed by atoms with Crippen LogP contribution < -0.4 is 0 Å². The summed E-state index contributed by atoms with van der Waals surface area (Å²) in [5, 5.41) is 0.315. The second-order valence-electron chi connectivity index (χ2n) is 3.86. The van der Waals surface area contributed by atoms with E-state index in [-0.39, 0.29) is 0 Å². The molecule has 0 radical (unpaired) electrons. The predicted molar refractivity (Wildman–Crippen MR) is 52.7 cm³/mol. The molecule has 2 heteroatoms. The first-order valence-electron chi connectivity index (χ1n) is 4.94. The summed E-state index contributed by atoms with van der Waals surface area (Å²) < 4.78 is 5.66. The lowest BCUT2D eigenvalue weighted by atomic mass is 9.94. The Morgan fingerprint density at radius 2 is 2.17 bits per heavy atom. The maximum Gasteiger partial charge on any atom is 0.0593 e. The van der Waals surface area contributed by atoms with E-state index in [0.717, 1.165) is 12.8 Å². The molecule has 0 aromatic carbocycles. The highest BCUT2D eigenvalue weighted by Crippen LogP contribution is 2.33. The zero-order valence-electron chi connectivity index (χ0n) is 8.22. The molecule has 0 N–H and O–H groups in total. The Kier molecular flexibility index (Phi) is 3.85. The topological polar surface area (TPSA) is 9.23 Å². The lowest BCUT2D eigenvalue weighted by molar-refractivity contribution is 0.0553. The number of alkyl halides is 1. The molecule has 1 nitrogen and oxygen atoms in total. The largest absolute Gasteiger partial charge is 0.375 e. The fourth-order valence-corrected chi connectivity index (χ4v) is 2.56. The molecule has 1 rings (SSSR count). The molecule has 0 aliphatic carbocycles. The van der Waals surface area contributed by atoms with Gasteiger partial charge in [0.2, 0.25) is 0 Å². The number of halogens is 1. The summed E-state index contributed by atoms with van der Waals surface area (Å²) in [6, 6.07) is 0. The minimum Gasteiger partial charge on any atom is -0.375 e. The highest BCUT2D eigenvalue weighted by Gasteiger charge is 2.33. The molecule has 0 amide bonds. The van der Waals surface area contributed by atoms with Crippen molar-refractivity contribution in [1.29, 1.82) is 0 Å². The van der Waals surface area contributed by atoms with Gasteiger partial charge in [-0.2, -0.15) is 0 Å². The molecule has 0 aromatic rings. The van der Waals surface area contributed by atoms with Gasteiger partial charge in [0.25, 0.3) is 0 Å². The first-order chi connectivity index (χ1) is 5.65. The molecule has 0 saturated carbocycles. The van der Waals surface area contributed by atoms with Gasteiger partial charge in [0.1, 0.15) is 0 Å². The van der Waals surface area contributed by atoms with Crippen molar-refractivity contribution in [3.05, 3.63) is 0 Å². The van der Waals surface area contributed by atoms with Crippen molar-refractivity contribution in [2.24, 2.45) is 5.92 Å². The van der Waals surface area contributed by atoms with Gasteiger partial charge in [-0.05, 0) is 26.7 Å². The van der Waals surface area contributed by atoms with E-state index in [1.165, 1.54) is 6.42 Å². The van der Waals surface area contributed by atoms with Crippen LogP contribution in [0.1, 0.15) is 40.0 Å². The molecule has 1 aliphatic heterocycles. The van der Waals surface area contributed by atoms with Crippen LogP contribution in [0.4, 0.5) is 0 Å². The third-order valence-corrected chi connectivity index (χ3v) is 3.22. The summed E-state index contributed by atoms with van der Waals surface area (Å²) in [6.07, 6.45) is 4.19. The number of rotatable bonds is 3. The van der Waals surface area contributed by atoms with Crippen molar-refractivity contribution in [3.8, 4) is 0 Å². The van der Waals surface area contributed by atoms with E-state index >= 15 is 0 Å². The van der Waals surface area contributed by atoms with Gasteiger partial charge < -0.3 is 4.74 Å². The normalized spacial score (nSPS) is 38.5. The SMILES string of the molecule is CCCC(Cl)C1CC(C)OC1C. The molecule has 4 unspecified atom stereocenters. The van der Waals surface area contributed by atoms with Gasteiger partial charge in [-0.3, -0.25) is 0 Å². The van der Waals surface area contributed by atoms with Gasteiger partial charge >= 0.3 is 0 Å². The maximum atomic E-state index is 6.27. The van der Waals surface area contributed by atoms with Gasteiger partial charge in [0, 0.05) is 11.3 Å². The molecule has 72 valence electrons. The molecule has 0 spiro atoms. The quantitative estimate of drug-likeness (QED) is 0.621. The Morgan fingerprint density at radius 1 is 1.50 bits per heavy atom. The fourth-order valence-electron chi connectivity index (χ4n) is 2.03. The van der Waals surface area contributed by atoms with Crippen molar-refractivity contribution in [1.82, 2.24) is 0 Å². The van der Waals surface area contributed by atoms with Crippen molar-refractivity contribution < 1.29 is 4.74 Å². The van der Waals surface area contributed by atoms with E-state index in [0.29, 0.717) is 23.5 Å². The Hall–Kier alpha value is 0.250. The van der Waals surface area contributed by atoms with Crippen molar-refractivity contribution in [2.45, 2.75) is 57.6 Å². The monoisotopic (exact) mass is 190 g/mol. The lowest BCUT2D eigenvalue weighted by Crippen LogP contribution is -2.21. The molecule has 1 saturated heterocycles. The molecule has 1 fully saturated rings. The fraction of sp³-hybridized carbons (Fsp3) is 1.00. The van der Waals surface area contributed by atoms with Crippen LogP contribution in [0.5, 0.6) is 0 Å². The van der Waals surface area contributed by atoms with E-state index in [1.807, 2.05) is 0 Å². The Labute approximate surface area is 80.4 Å². The van der Waals surface area contributed by atoms with Gasteiger partial charge in [-0.1, -0.05) is 13.3 Å². The van der Waals surface area contributed by atoms with Gasteiger partial charge in [-0.25, -0.2) is 0 Å². The van der Waals surface area contributed by atoms with Crippen molar-refractivity contribution in [2.75, 3.05) is 0 Å². The summed E-state index contributed by atoms with van der Waals surface area (Å²) in [5.41, 5.74) is 0. The van der Waals surface area contributed by atoms with E-state index in [1.54, 1.807) is 0 Å². The summed E-state index contributed by atoms with van der Waals surface area (Å²) in [5.74, 6) is 0.571. The van der Waals surface area contributed by atoms with Crippen LogP contribution in [0.15, 0.2) is 0 Å². The molecule has 1 aliphatic rings. The molecular formula is C10H19ClO. The first kappa shape index (κ1) is 10.3. The van der Waals surface area contributed by atoms with Gasteiger partial charge in [0.15, 0.2) is 0 Å². The van der Waals surface area contributed by atoms with Crippen LogP contribution in [-0.4, -0.2) is 17.6 Å². The van der Waals surface area contributed by atoms with Crippen LogP contribution in [0.3, 0.4) is 0 Å². The van der Waals surface area contributed by atoms with Crippen LogP contribution in [0.2, 0.25) is 0 Å². The third-order valence-electron chi connectivity index (χ3n) is 2.68. The Balaban J connectivity index is 2.40. The lowest BCUT2D eigenvalue weighted by Gasteiger charge is -2.19. The van der Waals surface area contributed by atoms with Gasteiger partial charge in [0.05, 0.1) is 12.2 Å². The Bertz CT molecular complexity index is 138. The molecule has 0 aromatic heterocycles. The maximum absolute atomic E-state index is 6.27. The van der Waals surface area contributed by atoms with E-state index < -0.39 is 0 Å². The summed E-state index contributed by atoms with van der Waals surface area (Å²) >= 11 is 6.27. The van der Waals surface area contributed by atoms with Crippen LogP contribution in [0, 0.1) is 5.92 Å². The number of hydrogen-bond donors (Lipinski definition) is 0. The number of hydrogen-bond acceptors (Lipinski definition) is 1. The highest BCUT2D eigenvalue weighted by molar-refractivity contribution is 6.20. The van der Waals surface area contributed by atoms with Crippen molar-refractivity contribution in [3.63, 3.8) is 0 Å². The van der Waals surface area contributed by atoms with Crippen molar-refractivity contribution >= 4 is 11.6 Å². The minimum absolute atomic E-state index is 0.315. The molecule has 12 heavy (non-hydrogen) atoms. The van der Waals surface area contributed by atoms with E-state index in [2.05, 4.69) is 20.8 Å². The first-order valence-corrected chi connectivity index (χ1v) is 5.38. The Morgan fingerprint density at radius 3 is 2.58 bits per heavy atom. The van der Waals surface area contributed by atoms with Crippen LogP contribution in [0.25, 0.3) is 0 Å². The third kappa shape index (κ3) is 2.37. The highest BCUT2D eigenvalue weighted by atomic mass is 35.5. The smallest absolute Gasteiger partial charge is 0.0593 e. The zero-order valence-corrected chi connectivity index (χ0v) is 8.97. The second kappa shape index (κ2) is 4.48. The minimum atomic E-state index is 0.315. The van der Waals surface area contributed by atoms with E-state index in [9.17, 15) is 0 Å². The molecule has 1 heterocycles. The number of ether oxygens (including phenoxy) is 1. The predicted octanol–water partition coefficient (Wildman–Crippen LogP) is 3.21.